The second-order valence-electron chi connectivity index (χ2n) is 10.4. The second kappa shape index (κ2) is 10.1. The average Bonchev–Trinajstić information content (AvgIpc) is 3.41. The van der Waals surface area contributed by atoms with Crippen LogP contribution in [0.25, 0.3) is 77.3 Å². The molecule has 8 aromatic rings. The van der Waals surface area contributed by atoms with Crippen molar-refractivity contribution in [1.29, 1.82) is 0 Å². The van der Waals surface area contributed by atoms with E-state index in [1.807, 2.05) is 78.9 Å². The van der Waals surface area contributed by atoms with Gasteiger partial charge in [0.2, 0.25) is 0 Å². The summed E-state index contributed by atoms with van der Waals surface area (Å²) in [7, 11) is 0. The van der Waals surface area contributed by atoms with Gasteiger partial charge in [-0.2, -0.15) is 0 Å². The fraction of sp³-hybridized carbons (Fsp3) is 0. The van der Waals surface area contributed by atoms with Gasteiger partial charge in [-0.3, -0.25) is 0 Å². The molecule has 0 unspecified atom stereocenters. The Labute approximate surface area is 248 Å². The van der Waals surface area contributed by atoms with Crippen LogP contribution in [0.5, 0.6) is 0 Å². The Morgan fingerprint density at radius 3 is 1.70 bits per heavy atom. The SMILES string of the molecule is [C-]#[N+]c1ccc2c(c1)c1cc(-c3nc(-c4ccccc4)nc(-c4ccccc4)n3)ccc1n2-c1cccc2ccccc12. The highest BCUT2D eigenvalue weighted by Crippen LogP contribution is 2.38. The van der Waals surface area contributed by atoms with Crippen LogP contribution >= 0.6 is 0 Å². The van der Waals surface area contributed by atoms with Crippen molar-refractivity contribution >= 4 is 38.3 Å². The van der Waals surface area contributed by atoms with Crippen molar-refractivity contribution in [3.63, 3.8) is 0 Å². The van der Waals surface area contributed by atoms with Crippen LogP contribution < -0.4 is 0 Å². The summed E-state index contributed by atoms with van der Waals surface area (Å²) in [5.41, 5.74) is 6.54. The molecule has 0 saturated carbocycles. The zero-order valence-corrected chi connectivity index (χ0v) is 23.0. The van der Waals surface area contributed by atoms with Gasteiger partial charge in [0.1, 0.15) is 0 Å². The van der Waals surface area contributed by atoms with Crippen molar-refractivity contribution in [2.24, 2.45) is 0 Å². The maximum Gasteiger partial charge on any atom is 0.188 e. The Morgan fingerprint density at radius 2 is 1.02 bits per heavy atom. The molecule has 0 atom stereocenters. The van der Waals surface area contributed by atoms with Crippen LogP contribution in [0.4, 0.5) is 5.69 Å². The lowest BCUT2D eigenvalue weighted by molar-refractivity contribution is 1.07. The lowest BCUT2D eigenvalue weighted by Gasteiger charge is -2.12. The molecular formula is C38H23N5. The van der Waals surface area contributed by atoms with Crippen LogP contribution in [0, 0.1) is 6.57 Å². The van der Waals surface area contributed by atoms with E-state index in [1.165, 1.54) is 10.8 Å². The van der Waals surface area contributed by atoms with E-state index in [2.05, 4.69) is 70.1 Å². The van der Waals surface area contributed by atoms with Gasteiger partial charge in [-0.05, 0) is 47.2 Å². The summed E-state index contributed by atoms with van der Waals surface area (Å²) in [6, 6.07) is 47.1. The van der Waals surface area contributed by atoms with Crippen LogP contribution in [-0.4, -0.2) is 19.5 Å². The third-order valence-electron chi connectivity index (χ3n) is 7.84. The molecule has 0 fully saturated rings. The van der Waals surface area contributed by atoms with Crippen molar-refractivity contribution in [2.45, 2.75) is 0 Å². The minimum absolute atomic E-state index is 0.599. The fourth-order valence-corrected chi connectivity index (χ4v) is 5.82. The molecule has 0 bridgehead atoms. The van der Waals surface area contributed by atoms with Gasteiger partial charge in [-0.25, -0.2) is 19.8 Å². The highest BCUT2D eigenvalue weighted by atomic mass is 15.0. The molecule has 8 rings (SSSR count). The van der Waals surface area contributed by atoms with E-state index >= 15 is 0 Å². The zero-order valence-electron chi connectivity index (χ0n) is 23.0. The predicted molar refractivity (Wildman–Crippen MR) is 174 cm³/mol. The molecule has 2 heterocycles. The number of nitrogens with zero attached hydrogens (tertiary/aromatic N) is 5. The molecule has 0 spiro atoms. The topological polar surface area (TPSA) is 48.0 Å². The first-order chi connectivity index (χ1) is 21.3. The summed E-state index contributed by atoms with van der Waals surface area (Å²) >= 11 is 0. The Balaban J connectivity index is 1.40. The lowest BCUT2D eigenvalue weighted by atomic mass is 10.1. The highest BCUT2D eigenvalue weighted by Gasteiger charge is 2.18. The lowest BCUT2D eigenvalue weighted by Crippen LogP contribution is -2.00. The highest BCUT2D eigenvalue weighted by molar-refractivity contribution is 6.12. The molecule has 2 aromatic heterocycles. The van der Waals surface area contributed by atoms with Gasteiger partial charge in [0.05, 0.1) is 23.3 Å². The molecule has 0 aliphatic heterocycles. The van der Waals surface area contributed by atoms with Crippen LogP contribution in [0.2, 0.25) is 0 Å². The normalized spacial score (nSPS) is 11.2. The minimum Gasteiger partial charge on any atom is -0.309 e. The Bertz CT molecular complexity index is 2290. The van der Waals surface area contributed by atoms with Gasteiger partial charge in [0.25, 0.3) is 0 Å². The monoisotopic (exact) mass is 549 g/mol. The van der Waals surface area contributed by atoms with Crippen LogP contribution in [0.3, 0.4) is 0 Å². The summed E-state index contributed by atoms with van der Waals surface area (Å²) in [5, 5.41) is 4.39. The van der Waals surface area contributed by atoms with Crippen molar-refractivity contribution in [3.8, 4) is 39.9 Å². The molecule has 0 amide bonds. The Morgan fingerprint density at radius 1 is 0.465 bits per heavy atom. The van der Waals surface area contributed by atoms with Crippen molar-refractivity contribution in [2.75, 3.05) is 0 Å². The van der Waals surface area contributed by atoms with E-state index in [0.717, 1.165) is 44.2 Å². The Kier molecular flexibility index (Phi) is 5.77. The van der Waals surface area contributed by atoms with E-state index in [-0.39, 0.29) is 0 Å². The molecule has 5 nitrogen and oxygen atoms in total. The van der Waals surface area contributed by atoms with Gasteiger partial charge in [-0.15, -0.1) is 0 Å². The molecule has 0 aliphatic carbocycles. The first-order valence-electron chi connectivity index (χ1n) is 14.1. The molecule has 0 aliphatic rings. The number of benzene rings is 6. The summed E-state index contributed by atoms with van der Waals surface area (Å²) in [6.07, 6.45) is 0. The molecule has 0 saturated heterocycles. The number of rotatable bonds is 4. The number of aromatic nitrogens is 4. The van der Waals surface area contributed by atoms with E-state index in [0.29, 0.717) is 23.2 Å². The molecule has 5 heteroatoms. The molecule has 6 aromatic carbocycles. The van der Waals surface area contributed by atoms with Crippen LogP contribution in [0.1, 0.15) is 0 Å². The van der Waals surface area contributed by atoms with Gasteiger partial charge in [0.15, 0.2) is 23.2 Å². The smallest absolute Gasteiger partial charge is 0.188 e. The quantitative estimate of drug-likeness (QED) is 0.205. The van der Waals surface area contributed by atoms with E-state index in [1.54, 1.807) is 0 Å². The molecule has 43 heavy (non-hydrogen) atoms. The van der Waals surface area contributed by atoms with Crippen molar-refractivity contribution in [1.82, 2.24) is 19.5 Å². The average molecular weight is 550 g/mol. The van der Waals surface area contributed by atoms with Crippen molar-refractivity contribution < 1.29 is 0 Å². The first-order valence-corrected chi connectivity index (χ1v) is 14.1. The summed E-state index contributed by atoms with van der Waals surface area (Å²) in [6.45, 7) is 7.68. The van der Waals surface area contributed by atoms with E-state index in [4.69, 9.17) is 21.5 Å². The largest absolute Gasteiger partial charge is 0.309 e. The number of hydrogen-bond acceptors (Lipinski definition) is 3. The van der Waals surface area contributed by atoms with E-state index in [9.17, 15) is 0 Å². The predicted octanol–water partition coefficient (Wildman–Crippen LogP) is 9.67. The maximum atomic E-state index is 7.68. The minimum atomic E-state index is 0.599. The zero-order chi connectivity index (χ0) is 28.8. The number of hydrogen-bond donors (Lipinski definition) is 0. The fourth-order valence-electron chi connectivity index (χ4n) is 5.82. The third-order valence-corrected chi connectivity index (χ3v) is 7.84. The Hall–Kier alpha value is -6.12. The first kappa shape index (κ1) is 24.7. The molecular weight excluding hydrogens is 526 g/mol. The second-order valence-corrected chi connectivity index (χ2v) is 10.4. The summed E-state index contributed by atoms with van der Waals surface area (Å²) < 4.78 is 2.29. The van der Waals surface area contributed by atoms with Gasteiger partial charge < -0.3 is 4.57 Å². The third kappa shape index (κ3) is 4.21. The standard InChI is InChI=1S/C38H23N5/c1-39-29-20-22-35-32(24-29)31-23-28(19-21-34(31)43(35)33-18-10-16-25-11-8-9-17-30(25)33)38-41-36(26-12-4-2-5-13-26)40-37(42-38)27-14-6-3-7-15-27/h2-24H. The summed E-state index contributed by atoms with van der Waals surface area (Å²) in [4.78, 5) is 18.5. The van der Waals surface area contributed by atoms with Gasteiger partial charge >= 0.3 is 0 Å². The van der Waals surface area contributed by atoms with Gasteiger partial charge in [0, 0.05) is 27.5 Å². The number of fused-ring (bicyclic) bond motifs is 4. The molecule has 0 radical (unpaired) electrons. The van der Waals surface area contributed by atoms with Gasteiger partial charge in [-0.1, -0.05) is 103 Å². The van der Waals surface area contributed by atoms with E-state index < -0.39 is 0 Å². The molecule has 200 valence electrons. The molecule has 0 N–H and O–H groups in total. The summed E-state index contributed by atoms with van der Waals surface area (Å²) in [5.74, 6) is 1.85. The van der Waals surface area contributed by atoms with Crippen molar-refractivity contribution in [3.05, 3.63) is 151 Å². The van der Waals surface area contributed by atoms with Crippen LogP contribution in [0.15, 0.2) is 140 Å². The maximum absolute atomic E-state index is 7.68. The van der Waals surface area contributed by atoms with Crippen LogP contribution in [-0.2, 0) is 0 Å².